The summed E-state index contributed by atoms with van der Waals surface area (Å²) in [4.78, 5) is 10.6. The van der Waals surface area contributed by atoms with Crippen LogP contribution in [0.2, 0.25) is 0 Å². The highest BCUT2D eigenvalue weighted by molar-refractivity contribution is 9.09. The second kappa shape index (κ2) is 4.80. The fourth-order valence-electron chi connectivity index (χ4n) is 1.14. The van der Waals surface area contributed by atoms with Gasteiger partial charge in [-0.25, -0.2) is 0 Å². The molecule has 4 heteroatoms. The lowest BCUT2D eigenvalue weighted by molar-refractivity contribution is -0.116. The summed E-state index contributed by atoms with van der Waals surface area (Å²) in [5.74, 6) is 0.281. The summed E-state index contributed by atoms with van der Waals surface area (Å²) in [5.41, 5.74) is 1.20. The van der Waals surface area contributed by atoms with E-state index in [4.69, 9.17) is 11.6 Å². The quantitative estimate of drug-likeness (QED) is 0.862. The molecule has 0 spiro atoms. The Kier molecular flexibility index (Phi) is 3.96. The van der Waals surface area contributed by atoms with Gasteiger partial charge in [-0.05, 0) is 6.92 Å². The summed E-state index contributed by atoms with van der Waals surface area (Å²) in [5, 5.41) is 9.74. The van der Waals surface area contributed by atoms with Gasteiger partial charge in [-0.1, -0.05) is 34.1 Å². The van der Waals surface area contributed by atoms with Crippen LogP contribution >= 0.6 is 27.5 Å². The van der Waals surface area contributed by atoms with Crippen LogP contribution in [-0.4, -0.2) is 10.9 Å². The van der Waals surface area contributed by atoms with Gasteiger partial charge in [0, 0.05) is 11.1 Å². The lowest BCUT2D eigenvalue weighted by Gasteiger charge is -2.10. The van der Waals surface area contributed by atoms with Crippen molar-refractivity contribution in [2.24, 2.45) is 0 Å². The first-order valence-corrected chi connectivity index (χ1v) is 5.54. The molecule has 14 heavy (non-hydrogen) atoms. The Morgan fingerprint density at radius 1 is 1.64 bits per heavy atom. The molecule has 1 rings (SSSR count). The zero-order chi connectivity index (χ0) is 10.7. The summed E-state index contributed by atoms with van der Waals surface area (Å²) in [6.07, 6.45) is 0. The van der Waals surface area contributed by atoms with Crippen LogP contribution in [0, 0.1) is 0 Å². The number of alkyl halides is 2. The van der Waals surface area contributed by atoms with Gasteiger partial charge < -0.3 is 5.11 Å². The van der Waals surface area contributed by atoms with E-state index in [9.17, 15) is 9.90 Å². The van der Waals surface area contributed by atoms with E-state index in [2.05, 4.69) is 15.9 Å². The number of phenols is 1. The van der Waals surface area contributed by atoms with Crippen LogP contribution in [-0.2, 0) is 10.7 Å². The van der Waals surface area contributed by atoms with Gasteiger partial charge in [0.25, 0.3) is 0 Å². The molecule has 0 saturated carbocycles. The minimum absolute atomic E-state index is 0.0491. The molecule has 0 bridgehead atoms. The molecule has 1 atom stereocenters. The third-order valence-electron chi connectivity index (χ3n) is 1.92. The average Bonchev–Trinajstić information content (AvgIpc) is 2.17. The van der Waals surface area contributed by atoms with E-state index in [1.807, 2.05) is 0 Å². The van der Waals surface area contributed by atoms with Crippen LogP contribution in [0.15, 0.2) is 18.2 Å². The summed E-state index contributed by atoms with van der Waals surface area (Å²) in [6, 6.07) is 5.20. The number of halogens is 2. The number of carbonyl (C=O) groups excluding carboxylic acids is 1. The highest BCUT2D eigenvalue weighted by Crippen LogP contribution is 2.34. The second-order valence-electron chi connectivity index (χ2n) is 2.96. The number of hydrogen-bond donors (Lipinski definition) is 1. The summed E-state index contributed by atoms with van der Waals surface area (Å²) >= 11 is 8.84. The first-order valence-electron chi connectivity index (χ1n) is 4.09. The van der Waals surface area contributed by atoms with Crippen LogP contribution in [0.25, 0.3) is 0 Å². The molecule has 76 valence electrons. The van der Waals surface area contributed by atoms with Crippen molar-refractivity contribution in [3.05, 3.63) is 29.3 Å². The fraction of sp³-hybridized carbons (Fsp3) is 0.300. The lowest BCUT2D eigenvalue weighted by atomic mass is 10.1. The summed E-state index contributed by atoms with van der Waals surface area (Å²) in [6.45, 7) is 1.46. The number of aromatic hydroxyl groups is 1. The van der Waals surface area contributed by atoms with Crippen molar-refractivity contribution in [3.63, 3.8) is 0 Å². The van der Waals surface area contributed by atoms with Gasteiger partial charge in [0.2, 0.25) is 0 Å². The van der Waals surface area contributed by atoms with Crippen molar-refractivity contribution >= 4 is 33.3 Å². The normalized spacial score (nSPS) is 12.5. The Hall–Kier alpha value is -0.540. The van der Waals surface area contributed by atoms with Gasteiger partial charge in [0.15, 0.2) is 0 Å². The Balaban J connectivity index is 3.15. The zero-order valence-electron chi connectivity index (χ0n) is 7.63. The monoisotopic (exact) mass is 276 g/mol. The number of benzene rings is 1. The Bertz CT molecular complexity index is 352. The highest BCUT2D eigenvalue weighted by Gasteiger charge is 2.17. The average molecular weight is 278 g/mol. The topological polar surface area (TPSA) is 37.3 Å². The van der Waals surface area contributed by atoms with Crippen LogP contribution < -0.4 is 0 Å². The molecule has 0 aliphatic rings. The van der Waals surface area contributed by atoms with Crippen molar-refractivity contribution in [2.75, 3.05) is 0 Å². The molecule has 0 saturated heterocycles. The van der Waals surface area contributed by atoms with Crippen molar-refractivity contribution in [1.82, 2.24) is 0 Å². The summed E-state index contributed by atoms with van der Waals surface area (Å²) < 4.78 is 0. The van der Waals surface area contributed by atoms with Gasteiger partial charge in [-0.2, -0.15) is 0 Å². The zero-order valence-corrected chi connectivity index (χ0v) is 9.97. The number of phenolic OH excluding ortho intramolecular Hbond substituents is 1. The van der Waals surface area contributed by atoms with Crippen LogP contribution in [0.5, 0.6) is 5.75 Å². The van der Waals surface area contributed by atoms with Crippen molar-refractivity contribution in [3.8, 4) is 5.75 Å². The molecule has 0 aliphatic heterocycles. The molecule has 0 amide bonds. The summed E-state index contributed by atoms with van der Waals surface area (Å²) in [7, 11) is 0. The van der Waals surface area contributed by atoms with Crippen LogP contribution in [0.3, 0.4) is 0 Å². The number of carbonyl (C=O) groups is 1. The molecule has 0 fully saturated rings. The number of Topliss-reactive ketones (excluding diaryl/α,β-unsaturated/α-hetero) is 1. The highest BCUT2D eigenvalue weighted by atomic mass is 79.9. The third kappa shape index (κ3) is 2.28. The molecule has 1 unspecified atom stereocenters. The molecule has 1 N–H and O–H groups in total. The molecule has 2 nitrogen and oxygen atoms in total. The van der Waals surface area contributed by atoms with Crippen LogP contribution in [0.1, 0.15) is 22.9 Å². The Morgan fingerprint density at radius 2 is 2.29 bits per heavy atom. The largest absolute Gasteiger partial charge is 0.507 e. The predicted octanol–water partition coefficient (Wildman–Crippen LogP) is 3.16. The van der Waals surface area contributed by atoms with Gasteiger partial charge >= 0.3 is 0 Å². The molecule has 0 aliphatic carbocycles. The molecule has 0 heterocycles. The van der Waals surface area contributed by atoms with E-state index in [1.54, 1.807) is 18.2 Å². The molecule has 1 aromatic rings. The first-order chi connectivity index (χ1) is 6.57. The maximum Gasteiger partial charge on any atom is 0.147 e. The lowest BCUT2D eigenvalue weighted by Crippen LogP contribution is -2.02. The van der Waals surface area contributed by atoms with Crippen molar-refractivity contribution in [2.45, 2.75) is 17.6 Å². The minimum Gasteiger partial charge on any atom is -0.507 e. The van der Waals surface area contributed by atoms with E-state index < -0.39 is 4.83 Å². The SMILES string of the molecule is CC(=O)C(Br)c1cccc(CCl)c1O. The van der Waals surface area contributed by atoms with Crippen molar-refractivity contribution < 1.29 is 9.90 Å². The van der Waals surface area contributed by atoms with E-state index in [0.29, 0.717) is 11.1 Å². The maximum absolute atomic E-state index is 11.1. The third-order valence-corrected chi connectivity index (χ3v) is 3.35. The number of rotatable bonds is 3. The van der Waals surface area contributed by atoms with E-state index in [0.717, 1.165) is 0 Å². The number of hydrogen-bond acceptors (Lipinski definition) is 2. The number of ketones is 1. The predicted molar refractivity (Wildman–Crippen MR) is 60.0 cm³/mol. The maximum atomic E-state index is 11.1. The smallest absolute Gasteiger partial charge is 0.147 e. The van der Waals surface area contributed by atoms with E-state index >= 15 is 0 Å². The minimum atomic E-state index is -0.467. The molecular formula is C10H10BrClO2. The molecule has 1 aromatic carbocycles. The van der Waals surface area contributed by atoms with Gasteiger partial charge in [0.05, 0.1) is 5.88 Å². The molecule has 0 aromatic heterocycles. The van der Waals surface area contributed by atoms with E-state index in [-0.39, 0.29) is 17.4 Å². The Labute approximate surface area is 96.0 Å². The van der Waals surface area contributed by atoms with Gasteiger partial charge in [-0.15, -0.1) is 11.6 Å². The van der Waals surface area contributed by atoms with Crippen LogP contribution in [0.4, 0.5) is 0 Å². The molecular weight excluding hydrogens is 267 g/mol. The van der Waals surface area contributed by atoms with Crippen molar-refractivity contribution in [1.29, 1.82) is 0 Å². The molecule has 0 radical (unpaired) electrons. The number of para-hydroxylation sites is 1. The fourth-order valence-corrected chi connectivity index (χ4v) is 1.73. The standard InChI is InChI=1S/C10H10BrClO2/c1-6(13)9(11)8-4-2-3-7(5-12)10(8)14/h2-4,9,14H,5H2,1H3. The van der Waals surface area contributed by atoms with E-state index in [1.165, 1.54) is 6.92 Å². The second-order valence-corrected chi connectivity index (χ2v) is 4.14. The van der Waals surface area contributed by atoms with Gasteiger partial charge in [-0.3, -0.25) is 4.79 Å². The first kappa shape index (κ1) is 11.5. The van der Waals surface area contributed by atoms with Gasteiger partial charge in [0.1, 0.15) is 16.4 Å². The Morgan fingerprint density at radius 3 is 2.79 bits per heavy atom.